The number of ether oxygens (including phenoxy) is 1. The molecule has 1 saturated heterocycles. The van der Waals surface area contributed by atoms with Crippen molar-refractivity contribution in [3.05, 3.63) is 29.3 Å². The predicted molar refractivity (Wildman–Crippen MR) is 117 cm³/mol. The summed E-state index contributed by atoms with van der Waals surface area (Å²) in [4.78, 5) is 30.7. The van der Waals surface area contributed by atoms with Crippen molar-refractivity contribution in [1.29, 1.82) is 0 Å². The molecule has 6 heteroatoms. The van der Waals surface area contributed by atoms with E-state index in [1.165, 1.54) is 19.3 Å². The minimum atomic E-state index is -0.522. The summed E-state index contributed by atoms with van der Waals surface area (Å²) in [5, 5.41) is 3.21. The van der Waals surface area contributed by atoms with Gasteiger partial charge in [0.2, 0.25) is 5.91 Å². The number of hydrogen-bond donors (Lipinski definition) is 1. The Labute approximate surface area is 179 Å². The molecule has 2 amide bonds. The molecular formula is C24H35N3O3. The number of aryl methyl sites for hydroxylation is 1. The Morgan fingerprint density at radius 1 is 1.20 bits per heavy atom. The van der Waals surface area contributed by atoms with Gasteiger partial charge in [-0.1, -0.05) is 30.9 Å². The van der Waals surface area contributed by atoms with Gasteiger partial charge in [0, 0.05) is 32.0 Å². The van der Waals surface area contributed by atoms with Crippen LogP contribution < -0.4 is 10.1 Å². The lowest BCUT2D eigenvalue weighted by Gasteiger charge is -2.42. The highest BCUT2D eigenvalue weighted by molar-refractivity contribution is 6.00. The van der Waals surface area contributed by atoms with Crippen molar-refractivity contribution in [3.63, 3.8) is 0 Å². The average molecular weight is 414 g/mol. The fourth-order valence-corrected chi connectivity index (χ4v) is 5.01. The van der Waals surface area contributed by atoms with E-state index >= 15 is 0 Å². The van der Waals surface area contributed by atoms with Crippen LogP contribution in [0.4, 0.5) is 0 Å². The highest BCUT2D eigenvalue weighted by Crippen LogP contribution is 2.36. The molecule has 1 aliphatic carbocycles. The van der Waals surface area contributed by atoms with E-state index in [9.17, 15) is 9.59 Å². The first-order valence-corrected chi connectivity index (χ1v) is 11.5. The number of hydrogen-bond acceptors (Lipinski definition) is 4. The van der Waals surface area contributed by atoms with Crippen LogP contribution in [0, 0.1) is 6.92 Å². The molecule has 0 aromatic heterocycles. The van der Waals surface area contributed by atoms with Gasteiger partial charge in [0.05, 0.1) is 12.1 Å². The second kappa shape index (κ2) is 8.58. The van der Waals surface area contributed by atoms with E-state index in [0.29, 0.717) is 17.9 Å². The van der Waals surface area contributed by atoms with Gasteiger partial charge < -0.3 is 19.9 Å². The number of fused-ring (bicyclic) bond motifs is 1. The fourth-order valence-electron chi connectivity index (χ4n) is 5.01. The molecule has 2 aliphatic heterocycles. The van der Waals surface area contributed by atoms with Crippen LogP contribution in [0.2, 0.25) is 0 Å². The molecule has 30 heavy (non-hydrogen) atoms. The van der Waals surface area contributed by atoms with Gasteiger partial charge in [0.25, 0.3) is 5.91 Å². The van der Waals surface area contributed by atoms with Gasteiger partial charge >= 0.3 is 0 Å². The lowest BCUT2D eigenvalue weighted by Crippen LogP contribution is -2.58. The molecule has 1 saturated carbocycles. The molecule has 0 bridgehead atoms. The van der Waals surface area contributed by atoms with E-state index in [2.05, 4.69) is 17.3 Å². The Morgan fingerprint density at radius 2 is 1.90 bits per heavy atom. The Balaban J connectivity index is 1.61. The molecule has 6 nitrogen and oxygen atoms in total. The van der Waals surface area contributed by atoms with E-state index in [-0.39, 0.29) is 17.9 Å². The number of likely N-dealkylation sites (tertiary alicyclic amines) is 1. The lowest BCUT2D eigenvalue weighted by atomic mass is 9.90. The number of nitrogens with one attached hydrogen (secondary N) is 1. The highest BCUT2D eigenvalue weighted by atomic mass is 16.5. The summed E-state index contributed by atoms with van der Waals surface area (Å²) in [6.07, 6.45) is 7.34. The van der Waals surface area contributed by atoms with Gasteiger partial charge in [-0.3, -0.25) is 9.59 Å². The number of rotatable bonds is 3. The molecule has 164 valence electrons. The van der Waals surface area contributed by atoms with Crippen LogP contribution in [0.5, 0.6) is 5.75 Å². The molecule has 1 unspecified atom stereocenters. The Morgan fingerprint density at radius 3 is 2.60 bits per heavy atom. The van der Waals surface area contributed by atoms with Crippen LogP contribution in [0.1, 0.15) is 67.8 Å². The molecular weight excluding hydrogens is 378 g/mol. The summed E-state index contributed by atoms with van der Waals surface area (Å²) in [6, 6.07) is 5.51. The van der Waals surface area contributed by atoms with Crippen molar-refractivity contribution in [3.8, 4) is 5.75 Å². The first kappa shape index (κ1) is 21.2. The Bertz CT molecular complexity index is 795. The third-order valence-corrected chi connectivity index (χ3v) is 7.11. The molecule has 4 rings (SSSR count). The van der Waals surface area contributed by atoms with Gasteiger partial charge in [-0.15, -0.1) is 0 Å². The van der Waals surface area contributed by atoms with Crippen LogP contribution in [0.25, 0.3) is 0 Å². The van der Waals surface area contributed by atoms with E-state index in [1.54, 1.807) is 4.90 Å². The van der Waals surface area contributed by atoms with Gasteiger partial charge in [0.15, 0.2) is 0 Å². The van der Waals surface area contributed by atoms with E-state index in [0.717, 1.165) is 44.3 Å². The molecule has 1 aromatic carbocycles. The Hall–Kier alpha value is -2.08. The van der Waals surface area contributed by atoms with Crippen molar-refractivity contribution in [2.45, 2.75) is 76.5 Å². The van der Waals surface area contributed by atoms with Crippen molar-refractivity contribution >= 4 is 11.8 Å². The van der Waals surface area contributed by atoms with Crippen LogP contribution in [0.15, 0.2) is 18.2 Å². The summed E-state index contributed by atoms with van der Waals surface area (Å²) < 4.78 is 6.55. The molecule has 0 radical (unpaired) electrons. The van der Waals surface area contributed by atoms with Crippen molar-refractivity contribution in [2.75, 3.05) is 26.7 Å². The molecule has 1 aromatic rings. The van der Waals surface area contributed by atoms with E-state index in [4.69, 9.17) is 4.74 Å². The molecule has 1 N–H and O–H groups in total. The smallest absolute Gasteiger partial charge is 0.258 e. The van der Waals surface area contributed by atoms with Crippen LogP contribution in [-0.4, -0.2) is 66.0 Å². The predicted octanol–water partition coefficient (Wildman–Crippen LogP) is 3.13. The van der Waals surface area contributed by atoms with E-state index < -0.39 is 11.6 Å². The molecule has 1 atom stereocenters. The molecule has 2 fully saturated rings. The zero-order chi connectivity index (χ0) is 21.3. The summed E-state index contributed by atoms with van der Waals surface area (Å²) in [5.74, 6) is 0.503. The van der Waals surface area contributed by atoms with Gasteiger partial charge in [0.1, 0.15) is 17.4 Å². The number of amides is 2. The zero-order valence-electron chi connectivity index (χ0n) is 18.6. The summed E-state index contributed by atoms with van der Waals surface area (Å²) >= 11 is 0. The van der Waals surface area contributed by atoms with Gasteiger partial charge in [-0.2, -0.15) is 0 Å². The molecule has 2 heterocycles. The minimum Gasteiger partial charge on any atom is -0.484 e. The zero-order valence-corrected chi connectivity index (χ0v) is 18.6. The lowest BCUT2D eigenvalue weighted by molar-refractivity contribution is -0.127. The van der Waals surface area contributed by atoms with Gasteiger partial charge in [-0.05, 0) is 45.9 Å². The van der Waals surface area contributed by atoms with Crippen LogP contribution in [0.3, 0.4) is 0 Å². The number of carbonyl (C=O) groups is 2. The van der Waals surface area contributed by atoms with Crippen molar-refractivity contribution in [1.82, 2.24) is 15.1 Å². The average Bonchev–Trinajstić information content (AvgIpc) is 2.86. The SMILES string of the molecule is Cc1ccc2c(c1)C(=O)N(C(C)C(=O)NC1CCCCC1)CC1(CCN(C)CC1)O2. The number of benzene rings is 1. The summed E-state index contributed by atoms with van der Waals surface area (Å²) in [7, 11) is 2.12. The third-order valence-electron chi connectivity index (χ3n) is 7.11. The summed E-state index contributed by atoms with van der Waals surface area (Å²) in [5.41, 5.74) is 1.15. The quantitative estimate of drug-likeness (QED) is 0.827. The molecule has 1 spiro atoms. The fraction of sp³-hybridized carbons (Fsp3) is 0.667. The molecule has 3 aliphatic rings. The maximum Gasteiger partial charge on any atom is 0.258 e. The number of piperidine rings is 1. The van der Waals surface area contributed by atoms with Crippen molar-refractivity contribution < 1.29 is 14.3 Å². The standard InChI is InChI=1S/C24H35N3O3/c1-17-9-10-21-20(15-17)23(29)27(16-24(30-21)11-13-26(3)14-12-24)18(2)22(28)25-19-7-5-4-6-8-19/h9-10,15,18-19H,4-8,11-14,16H2,1-3H3,(H,25,28). The second-order valence-electron chi connectivity index (χ2n) is 9.54. The first-order chi connectivity index (χ1) is 14.4. The Kier molecular flexibility index (Phi) is 6.05. The highest BCUT2D eigenvalue weighted by Gasteiger charge is 2.44. The second-order valence-corrected chi connectivity index (χ2v) is 9.54. The number of nitrogens with zero attached hydrogens (tertiary/aromatic N) is 2. The number of carbonyl (C=O) groups excluding carboxylic acids is 2. The van der Waals surface area contributed by atoms with Crippen molar-refractivity contribution in [2.24, 2.45) is 0 Å². The van der Waals surface area contributed by atoms with E-state index in [1.807, 2.05) is 32.0 Å². The largest absolute Gasteiger partial charge is 0.484 e. The minimum absolute atomic E-state index is 0.0468. The maximum absolute atomic E-state index is 13.6. The first-order valence-electron chi connectivity index (χ1n) is 11.5. The maximum atomic E-state index is 13.6. The van der Waals surface area contributed by atoms with Gasteiger partial charge in [-0.25, -0.2) is 0 Å². The van der Waals surface area contributed by atoms with Crippen LogP contribution in [-0.2, 0) is 4.79 Å². The summed E-state index contributed by atoms with van der Waals surface area (Å²) in [6.45, 7) is 6.14. The van der Waals surface area contributed by atoms with Crippen LogP contribution >= 0.6 is 0 Å². The monoisotopic (exact) mass is 413 g/mol. The topological polar surface area (TPSA) is 61.9 Å². The third kappa shape index (κ3) is 4.34. The normalized spacial score (nSPS) is 23.4.